The zero-order valence-corrected chi connectivity index (χ0v) is 34.4. The van der Waals surface area contributed by atoms with Crippen molar-refractivity contribution in [2.75, 3.05) is 0 Å². The minimum Gasteiger partial charge on any atom is -0.324 e. The molecular formula is C55H47N5. The molecule has 0 bridgehead atoms. The maximum atomic E-state index is 4.60. The van der Waals surface area contributed by atoms with E-state index in [0.29, 0.717) is 0 Å². The van der Waals surface area contributed by atoms with Crippen molar-refractivity contribution in [2.24, 2.45) is 0 Å². The van der Waals surface area contributed by atoms with E-state index in [0.717, 1.165) is 33.5 Å². The van der Waals surface area contributed by atoms with Crippen molar-refractivity contribution in [3.05, 3.63) is 235 Å². The molecule has 4 aromatic heterocycles. The lowest BCUT2D eigenvalue weighted by atomic mass is 10.1. The van der Waals surface area contributed by atoms with Crippen LogP contribution in [-0.2, 0) is 0 Å². The second-order valence-corrected chi connectivity index (χ2v) is 14.8. The Balaban J connectivity index is 0.000000114. The molecule has 5 nitrogen and oxygen atoms in total. The van der Waals surface area contributed by atoms with Crippen LogP contribution in [0.5, 0.6) is 0 Å². The Hall–Kier alpha value is -7.63. The SMILES string of the molecule is Cc1ccc(-n2c3ccccc3c3ccccc32)cc1.Cc1ccc(-n2cccc2)cc1.Cc1ccc2ncccc2c1.Cc1nc(-c2ccccc2)nc2ccccc12. The highest BCUT2D eigenvalue weighted by Gasteiger charge is 2.11. The molecule has 292 valence electrons. The van der Waals surface area contributed by atoms with Gasteiger partial charge in [-0.2, -0.15) is 0 Å². The monoisotopic (exact) mass is 777 g/mol. The molecule has 0 unspecified atom stereocenters. The molecule has 11 rings (SSSR count). The van der Waals surface area contributed by atoms with Crippen LogP contribution >= 0.6 is 0 Å². The lowest BCUT2D eigenvalue weighted by Crippen LogP contribution is -1.93. The largest absolute Gasteiger partial charge is 0.324 e. The van der Waals surface area contributed by atoms with E-state index < -0.39 is 0 Å². The summed E-state index contributed by atoms with van der Waals surface area (Å²) in [4.78, 5) is 13.4. The van der Waals surface area contributed by atoms with Crippen LogP contribution in [0.2, 0.25) is 0 Å². The van der Waals surface area contributed by atoms with Gasteiger partial charge in [0.1, 0.15) is 0 Å². The predicted octanol–water partition coefficient (Wildman–Crippen LogP) is 14.0. The number of hydrogen-bond donors (Lipinski definition) is 0. The number of nitrogens with zero attached hydrogens (tertiary/aromatic N) is 5. The molecule has 0 N–H and O–H groups in total. The Morgan fingerprint density at radius 2 is 0.950 bits per heavy atom. The van der Waals surface area contributed by atoms with E-state index in [-0.39, 0.29) is 0 Å². The fourth-order valence-electron chi connectivity index (χ4n) is 7.26. The number of para-hydroxylation sites is 3. The van der Waals surface area contributed by atoms with Gasteiger partial charge < -0.3 is 9.13 Å². The predicted molar refractivity (Wildman–Crippen MR) is 252 cm³/mol. The Bertz CT molecular complexity index is 3060. The number of hydrogen-bond acceptors (Lipinski definition) is 3. The van der Waals surface area contributed by atoms with Crippen LogP contribution in [0.3, 0.4) is 0 Å². The van der Waals surface area contributed by atoms with Crippen LogP contribution in [-0.4, -0.2) is 24.1 Å². The minimum atomic E-state index is 0.793. The third-order valence-electron chi connectivity index (χ3n) is 10.4. The molecule has 0 atom stereocenters. The van der Waals surface area contributed by atoms with E-state index in [9.17, 15) is 0 Å². The number of benzene rings is 7. The van der Waals surface area contributed by atoms with Gasteiger partial charge in [0.05, 0.1) is 22.1 Å². The average molecular weight is 778 g/mol. The van der Waals surface area contributed by atoms with Crippen LogP contribution in [0.1, 0.15) is 22.4 Å². The summed E-state index contributed by atoms with van der Waals surface area (Å²) in [5.74, 6) is 0.793. The number of pyridine rings is 1. The second kappa shape index (κ2) is 18.3. The van der Waals surface area contributed by atoms with Crippen molar-refractivity contribution in [2.45, 2.75) is 27.7 Å². The molecule has 0 radical (unpaired) electrons. The summed E-state index contributed by atoms with van der Waals surface area (Å²) in [6.07, 6.45) is 5.91. The normalized spacial score (nSPS) is 10.7. The molecule has 0 fully saturated rings. The fraction of sp³-hybridized carbons (Fsp3) is 0.0727. The molecule has 11 aromatic rings. The van der Waals surface area contributed by atoms with E-state index in [4.69, 9.17) is 0 Å². The summed E-state index contributed by atoms with van der Waals surface area (Å²) in [6.45, 7) is 8.33. The summed E-state index contributed by atoms with van der Waals surface area (Å²) in [5.41, 5.74) is 13.0. The molecule has 7 aromatic carbocycles. The highest BCUT2D eigenvalue weighted by molar-refractivity contribution is 6.09. The van der Waals surface area contributed by atoms with Gasteiger partial charge in [0, 0.05) is 62.8 Å². The molecule has 0 saturated carbocycles. The number of aromatic nitrogens is 5. The van der Waals surface area contributed by atoms with Crippen molar-refractivity contribution in [1.82, 2.24) is 24.1 Å². The third kappa shape index (κ3) is 9.07. The fourth-order valence-corrected chi connectivity index (χ4v) is 7.26. The second-order valence-electron chi connectivity index (χ2n) is 14.8. The summed E-state index contributed by atoms with van der Waals surface area (Å²) >= 11 is 0. The first kappa shape index (κ1) is 39.2. The van der Waals surface area contributed by atoms with E-state index >= 15 is 0 Å². The molecule has 5 heteroatoms. The summed E-state index contributed by atoms with van der Waals surface area (Å²) in [6, 6.07) is 66.9. The van der Waals surface area contributed by atoms with Crippen molar-refractivity contribution in [3.63, 3.8) is 0 Å². The zero-order chi connectivity index (χ0) is 41.3. The molecular weight excluding hydrogens is 731 g/mol. The lowest BCUT2D eigenvalue weighted by Gasteiger charge is -2.07. The zero-order valence-electron chi connectivity index (χ0n) is 34.4. The molecule has 0 spiro atoms. The minimum absolute atomic E-state index is 0.793. The van der Waals surface area contributed by atoms with Crippen LogP contribution in [0.15, 0.2) is 213 Å². The lowest BCUT2D eigenvalue weighted by molar-refractivity contribution is 1.08. The highest BCUT2D eigenvalue weighted by atomic mass is 15.0. The Labute approximate surface area is 351 Å². The first-order valence-corrected chi connectivity index (χ1v) is 20.3. The van der Waals surface area contributed by atoms with Gasteiger partial charge in [0.15, 0.2) is 5.82 Å². The molecule has 0 saturated heterocycles. The molecule has 60 heavy (non-hydrogen) atoms. The molecule has 0 amide bonds. The van der Waals surface area contributed by atoms with Gasteiger partial charge in [-0.05, 0) is 100 Å². The van der Waals surface area contributed by atoms with E-state index in [1.807, 2.05) is 98.3 Å². The summed E-state index contributed by atoms with van der Waals surface area (Å²) < 4.78 is 4.43. The van der Waals surface area contributed by atoms with E-state index in [2.05, 4.69) is 166 Å². The Morgan fingerprint density at radius 3 is 1.60 bits per heavy atom. The summed E-state index contributed by atoms with van der Waals surface area (Å²) in [5, 5.41) is 4.95. The first-order valence-electron chi connectivity index (χ1n) is 20.3. The topological polar surface area (TPSA) is 48.5 Å². The van der Waals surface area contributed by atoms with Crippen LogP contribution in [0.4, 0.5) is 0 Å². The average Bonchev–Trinajstić information content (AvgIpc) is 3.96. The standard InChI is InChI=1S/C19H15N.C15H12N2.C11H11N.C10H9N/c1-14-10-12-15(13-11-14)20-18-8-4-2-6-16(18)17-7-3-5-9-19(17)20;1-11-13-9-5-6-10-14(13)17-15(16-11)12-7-3-2-4-8-12;1-10-4-6-11(7-5-10)12-8-2-3-9-12;1-8-4-5-10-9(7-8)3-2-6-11-10/h2-13H,1H3;2-10H,1H3;2-9H,1H3;2-7H,1H3. The van der Waals surface area contributed by atoms with Gasteiger partial charge in [-0.1, -0.05) is 138 Å². The maximum absolute atomic E-state index is 4.60. The van der Waals surface area contributed by atoms with Crippen LogP contribution < -0.4 is 0 Å². The highest BCUT2D eigenvalue weighted by Crippen LogP contribution is 2.31. The number of aryl methyl sites for hydroxylation is 4. The first-order chi connectivity index (χ1) is 29.4. The quantitative estimate of drug-likeness (QED) is 0.179. The van der Waals surface area contributed by atoms with Crippen molar-refractivity contribution < 1.29 is 0 Å². The van der Waals surface area contributed by atoms with Gasteiger partial charge in [0.2, 0.25) is 0 Å². The Morgan fingerprint density at radius 1 is 0.400 bits per heavy atom. The molecule has 0 aliphatic rings. The van der Waals surface area contributed by atoms with Crippen LogP contribution in [0.25, 0.3) is 66.4 Å². The Kier molecular flexibility index (Phi) is 12.0. The smallest absolute Gasteiger partial charge is 0.160 e. The van der Waals surface area contributed by atoms with Crippen LogP contribution in [0, 0.1) is 27.7 Å². The van der Waals surface area contributed by atoms with Crippen molar-refractivity contribution >= 4 is 43.6 Å². The van der Waals surface area contributed by atoms with Gasteiger partial charge >= 0.3 is 0 Å². The number of rotatable bonds is 3. The van der Waals surface area contributed by atoms with Crippen molar-refractivity contribution in [1.29, 1.82) is 0 Å². The maximum Gasteiger partial charge on any atom is 0.160 e. The van der Waals surface area contributed by atoms with Gasteiger partial charge in [-0.3, -0.25) is 4.98 Å². The van der Waals surface area contributed by atoms with E-state index in [1.54, 1.807) is 0 Å². The van der Waals surface area contributed by atoms with Gasteiger partial charge in [0.25, 0.3) is 0 Å². The molecule has 0 aliphatic carbocycles. The van der Waals surface area contributed by atoms with Crippen molar-refractivity contribution in [3.8, 4) is 22.8 Å². The number of fused-ring (bicyclic) bond motifs is 5. The molecule has 0 aliphatic heterocycles. The van der Waals surface area contributed by atoms with Gasteiger partial charge in [-0.25, -0.2) is 9.97 Å². The molecule has 4 heterocycles. The van der Waals surface area contributed by atoms with E-state index in [1.165, 1.54) is 55.3 Å². The third-order valence-corrected chi connectivity index (χ3v) is 10.4. The van der Waals surface area contributed by atoms with Gasteiger partial charge in [-0.15, -0.1) is 0 Å². The summed E-state index contributed by atoms with van der Waals surface area (Å²) in [7, 11) is 0.